The van der Waals surface area contributed by atoms with E-state index >= 15 is 0 Å². The molecule has 3 nitrogen and oxygen atoms in total. The summed E-state index contributed by atoms with van der Waals surface area (Å²) < 4.78 is 6.72. The van der Waals surface area contributed by atoms with Gasteiger partial charge in [-0.25, -0.2) is 0 Å². The van der Waals surface area contributed by atoms with Gasteiger partial charge in [-0.2, -0.15) is 0 Å². The Balaban J connectivity index is 2.06. The summed E-state index contributed by atoms with van der Waals surface area (Å²) in [4.78, 5) is 10.7. The van der Waals surface area contributed by atoms with Crippen LogP contribution in [0.2, 0.25) is 0 Å². The molecule has 0 amide bonds. The lowest BCUT2D eigenvalue weighted by atomic mass is 9.79. The van der Waals surface area contributed by atoms with Gasteiger partial charge in [0, 0.05) is 10.4 Å². The molecule has 0 spiro atoms. The molecule has 1 N–H and O–H groups in total. The Hall–Kier alpha value is -1.47. The number of terminal acetylenes is 1. The van der Waals surface area contributed by atoms with E-state index in [1.807, 2.05) is 18.2 Å². The number of benzene rings is 1. The summed E-state index contributed by atoms with van der Waals surface area (Å²) >= 11 is 3.35. The largest absolute Gasteiger partial charge is 0.489 e. The van der Waals surface area contributed by atoms with Crippen LogP contribution in [0.5, 0.6) is 5.75 Å². The molecule has 2 unspecified atom stereocenters. The maximum absolute atomic E-state index is 10.7. The second-order valence-electron chi connectivity index (χ2n) is 4.38. The van der Waals surface area contributed by atoms with Crippen LogP contribution in [0.25, 0.3) is 0 Å². The molecule has 1 aromatic carbocycles. The summed E-state index contributed by atoms with van der Waals surface area (Å²) in [6.07, 6.45) is 7.34. The molecule has 0 heterocycles. The minimum atomic E-state index is -0.777. The second kappa shape index (κ2) is 5.45. The molecule has 2 atom stereocenters. The monoisotopic (exact) mass is 308 g/mol. The number of carbonyl (C=O) groups is 1. The SMILES string of the molecule is C#Cc1cc(Br)ccc1OC1CCC1CC(=O)O. The molecule has 1 aliphatic rings. The number of rotatable bonds is 4. The molecule has 1 fully saturated rings. The molecule has 4 heteroatoms. The molecule has 1 aromatic rings. The third kappa shape index (κ3) is 2.85. The minimum absolute atomic E-state index is 0.0330. The van der Waals surface area contributed by atoms with Gasteiger partial charge in [-0.3, -0.25) is 4.79 Å². The van der Waals surface area contributed by atoms with Gasteiger partial charge in [-0.05, 0) is 31.0 Å². The van der Waals surface area contributed by atoms with Crippen molar-refractivity contribution in [1.82, 2.24) is 0 Å². The van der Waals surface area contributed by atoms with E-state index in [1.54, 1.807) is 0 Å². The van der Waals surface area contributed by atoms with E-state index in [1.165, 1.54) is 0 Å². The highest BCUT2D eigenvalue weighted by atomic mass is 79.9. The van der Waals surface area contributed by atoms with Crippen LogP contribution < -0.4 is 4.74 Å². The summed E-state index contributed by atoms with van der Waals surface area (Å²) in [5, 5.41) is 8.78. The van der Waals surface area contributed by atoms with E-state index in [2.05, 4.69) is 21.9 Å². The topological polar surface area (TPSA) is 46.5 Å². The fourth-order valence-electron chi connectivity index (χ4n) is 2.03. The van der Waals surface area contributed by atoms with Gasteiger partial charge in [0.15, 0.2) is 0 Å². The van der Waals surface area contributed by atoms with Crippen LogP contribution in [0, 0.1) is 18.3 Å². The number of aliphatic carboxylic acids is 1. The zero-order chi connectivity index (χ0) is 13.1. The predicted molar refractivity (Wildman–Crippen MR) is 71.5 cm³/mol. The molecule has 0 saturated heterocycles. The van der Waals surface area contributed by atoms with Crippen molar-refractivity contribution in [2.24, 2.45) is 5.92 Å². The van der Waals surface area contributed by atoms with Crippen molar-refractivity contribution in [3.8, 4) is 18.1 Å². The normalized spacial score (nSPS) is 21.8. The summed E-state index contributed by atoms with van der Waals surface area (Å²) in [6.45, 7) is 0. The zero-order valence-electron chi connectivity index (χ0n) is 9.73. The summed E-state index contributed by atoms with van der Waals surface area (Å²) in [5.74, 6) is 2.55. The van der Waals surface area contributed by atoms with Crippen molar-refractivity contribution >= 4 is 21.9 Å². The molecule has 1 aliphatic carbocycles. The Morgan fingerprint density at radius 3 is 2.89 bits per heavy atom. The van der Waals surface area contributed by atoms with Gasteiger partial charge in [0.1, 0.15) is 11.9 Å². The van der Waals surface area contributed by atoms with Crippen LogP contribution in [0.4, 0.5) is 0 Å². The fourth-order valence-corrected chi connectivity index (χ4v) is 2.39. The van der Waals surface area contributed by atoms with Crippen molar-refractivity contribution in [2.45, 2.75) is 25.4 Å². The van der Waals surface area contributed by atoms with Crippen molar-refractivity contribution in [3.63, 3.8) is 0 Å². The molecular weight excluding hydrogens is 296 g/mol. The highest BCUT2D eigenvalue weighted by Gasteiger charge is 2.34. The Morgan fingerprint density at radius 2 is 2.33 bits per heavy atom. The molecule has 0 bridgehead atoms. The van der Waals surface area contributed by atoms with Gasteiger partial charge < -0.3 is 9.84 Å². The fraction of sp³-hybridized carbons (Fsp3) is 0.357. The Bertz CT molecular complexity index is 504. The first kappa shape index (κ1) is 13.0. The standard InChI is InChI=1S/C14H13BrO3/c1-2-9-7-11(15)4-6-12(9)18-13-5-3-10(13)8-14(16)17/h1,4,6-7,10,13H,3,5,8H2,(H,16,17). The minimum Gasteiger partial charge on any atom is -0.489 e. The van der Waals surface area contributed by atoms with E-state index in [0.717, 1.165) is 17.3 Å². The quantitative estimate of drug-likeness (QED) is 0.870. The van der Waals surface area contributed by atoms with E-state index in [0.29, 0.717) is 11.3 Å². The van der Waals surface area contributed by atoms with Gasteiger partial charge in [-0.1, -0.05) is 21.9 Å². The van der Waals surface area contributed by atoms with Gasteiger partial charge in [0.05, 0.1) is 12.0 Å². The van der Waals surface area contributed by atoms with Crippen LogP contribution in [0.3, 0.4) is 0 Å². The summed E-state index contributed by atoms with van der Waals surface area (Å²) in [6, 6.07) is 5.50. The Kier molecular flexibility index (Phi) is 3.93. The lowest BCUT2D eigenvalue weighted by Gasteiger charge is -2.36. The van der Waals surface area contributed by atoms with E-state index < -0.39 is 5.97 Å². The summed E-state index contributed by atoms with van der Waals surface area (Å²) in [7, 11) is 0. The van der Waals surface area contributed by atoms with E-state index in [9.17, 15) is 4.79 Å². The molecule has 0 aliphatic heterocycles. The van der Waals surface area contributed by atoms with Crippen LogP contribution in [0.15, 0.2) is 22.7 Å². The van der Waals surface area contributed by atoms with Gasteiger partial charge >= 0.3 is 5.97 Å². The number of halogens is 1. The van der Waals surface area contributed by atoms with Gasteiger partial charge in [0.2, 0.25) is 0 Å². The van der Waals surface area contributed by atoms with E-state index in [-0.39, 0.29) is 18.4 Å². The van der Waals surface area contributed by atoms with Gasteiger partial charge in [0.25, 0.3) is 0 Å². The van der Waals surface area contributed by atoms with Crippen LogP contribution >= 0.6 is 15.9 Å². The van der Waals surface area contributed by atoms with Crippen LogP contribution in [-0.4, -0.2) is 17.2 Å². The first-order valence-electron chi connectivity index (χ1n) is 5.74. The van der Waals surface area contributed by atoms with Crippen molar-refractivity contribution in [2.75, 3.05) is 0 Å². The van der Waals surface area contributed by atoms with Crippen molar-refractivity contribution in [3.05, 3.63) is 28.2 Å². The molecule has 0 aromatic heterocycles. The number of hydrogen-bond acceptors (Lipinski definition) is 2. The number of carboxylic acids is 1. The molecule has 1 saturated carbocycles. The number of hydrogen-bond donors (Lipinski definition) is 1. The molecule has 2 rings (SSSR count). The zero-order valence-corrected chi connectivity index (χ0v) is 11.3. The molecule has 94 valence electrons. The van der Waals surface area contributed by atoms with Crippen LogP contribution in [-0.2, 0) is 4.79 Å². The Morgan fingerprint density at radius 1 is 1.56 bits per heavy atom. The van der Waals surface area contributed by atoms with Crippen molar-refractivity contribution in [1.29, 1.82) is 0 Å². The first-order chi connectivity index (χ1) is 8.60. The lowest BCUT2D eigenvalue weighted by Crippen LogP contribution is -2.38. The molecule has 18 heavy (non-hydrogen) atoms. The maximum Gasteiger partial charge on any atom is 0.303 e. The predicted octanol–water partition coefficient (Wildman–Crippen LogP) is 3.06. The average Bonchev–Trinajstić information content (AvgIpc) is 2.32. The molecule has 0 radical (unpaired) electrons. The van der Waals surface area contributed by atoms with Crippen LogP contribution in [0.1, 0.15) is 24.8 Å². The van der Waals surface area contributed by atoms with Gasteiger partial charge in [-0.15, -0.1) is 6.42 Å². The first-order valence-corrected chi connectivity index (χ1v) is 6.54. The van der Waals surface area contributed by atoms with E-state index in [4.69, 9.17) is 16.3 Å². The third-order valence-corrected chi connectivity index (χ3v) is 3.65. The lowest BCUT2D eigenvalue weighted by molar-refractivity contribution is -0.140. The van der Waals surface area contributed by atoms with Crippen molar-refractivity contribution < 1.29 is 14.6 Å². The molecular formula is C14H13BrO3. The second-order valence-corrected chi connectivity index (χ2v) is 5.29. The summed E-state index contributed by atoms with van der Waals surface area (Å²) in [5.41, 5.74) is 0.686. The smallest absolute Gasteiger partial charge is 0.303 e. The third-order valence-electron chi connectivity index (χ3n) is 3.16. The average molecular weight is 309 g/mol. The number of ether oxygens (including phenoxy) is 1. The maximum atomic E-state index is 10.7. The highest BCUT2D eigenvalue weighted by Crippen LogP contribution is 2.35. The Labute approximate surface area is 114 Å². The number of carboxylic acid groups (broad SMARTS) is 1. The highest BCUT2D eigenvalue weighted by molar-refractivity contribution is 9.10.